The molecule has 156 valence electrons. The highest BCUT2D eigenvalue weighted by Gasteiger charge is 2.50. The van der Waals surface area contributed by atoms with E-state index < -0.39 is 24.1 Å². The summed E-state index contributed by atoms with van der Waals surface area (Å²) in [6, 6.07) is 20.5. The van der Waals surface area contributed by atoms with Crippen LogP contribution in [0.15, 0.2) is 73.3 Å². The lowest BCUT2D eigenvalue weighted by molar-refractivity contribution is 0.145. The Balaban J connectivity index is 2.46. The van der Waals surface area contributed by atoms with E-state index in [1.165, 1.54) is 0 Å². The second-order valence-electron chi connectivity index (χ2n) is 7.69. The number of nitrogens with one attached hydrogen (secondary N) is 1. The lowest BCUT2D eigenvalue weighted by Crippen LogP contribution is -2.67. The van der Waals surface area contributed by atoms with Crippen molar-refractivity contribution >= 4 is 59.4 Å². The Kier molecular flexibility index (Phi) is 7.99. The van der Waals surface area contributed by atoms with Crippen molar-refractivity contribution in [2.45, 2.75) is 35.7 Å². The van der Waals surface area contributed by atoms with E-state index in [1.54, 1.807) is 6.08 Å². The molecule has 0 radical (unpaired) electrons. The molecule has 0 spiro atoms. The lowest BCUT2D eigenvalue weighted by Gasteiger charge is -2.43. The topological polar surface area (TPSA) is 42.3 Å². The van der Waals surface area contributed by atoms with Gasteiger partial charge in [-0.2, -0.15) is 0 Å². The monoisotopic (exact) mass is 469 g/mol. The van der Waals surface area contributed by atoms with E-state index in [0.29, 0.717) is 0 Å². The molecule has 0 heterocycles. The number of hydrogen-bond acceptors (Lipinski definition) is 3. The zero-order valence-corrected chi connectivity index (χ0v) is 20.1. The van der Waals surface area contributed by atoms with Crippen molar-refractivity contribution in [1.82, 2.24) is 0 Å². The Morgan fingerprint density at radius 3 is 1.79 bits per heavy atom. The van der Waals surface area contributed by atoms with E-state index >= 15 is 0 Å². The first-order chi connectivity index (χ1) is 13.5. The van der Waals surface area contributed by atoms with Crippen molar-refractivity contribution < 1.29 is 9.16 Å². The summed E-state index contributed by atoms with van der Waals surface area (Å²) in [5.74, 6) is -0.460. The van der Waals surface area contributed by atoms with E-state index in [4.69, 9.17) is 49.4 Å². The molecule has 1 N–H and O–H groups in total. The molecule has 2 rings (SSSR count). The molecule has 1 unspecified atom stereocenters. The molecule has 1 atom stereocenters. The fourth-order valence-electron chi connectivity index (χ4n) is 3.34. The van der Waals surface area contributed by atoms with Crippen LogP contribution in [-0.4, -0.2) is 30.7 Å². The van der Waals surface area contributed by atoms with Gasteiger partial charge in [0.05, 0.1) is 6.61 Å². The number of alkyl halides is 3. The first-order valence-corrected chi connectivity index (χ1v) is 12.3. The summed E-state index contributed by atoms with van der Waals surface area (Å²) < 4.78 is 10.3. The van der Waals surface area contributed by atoms with Crippen LogP contribution in [0.1, 0.15) is 20.8 Å². The number of rotatable bonds is 7. The third-order valence-electron chi connectivity index (χ3n) is 4.67. The molecule has 0 bridgehead atoms. The molecule has 2 aromatic rings. The van der Waals surface area contributed by atoms with Crippen LogP contribution in [0.25, 0.3) is 0 Å². The minimum Gasteiger partial charge on any atom is -0.468 e. The van der Waals surface area contributed by atoms with Crippen molar-refractivity contribution in [1.29, 1.82) is 5.41 Å². The van der Waals surface area contributed by atoms with Crippen molar-refractivity contribution in [3.05, 3.63) is 73.3 Å². The standard InChI is InChI=1S/C22H26Cl3NO2Si/c1-5-17(28-20(26)22(23,24)25)16-27-29(21(2,3)4,18-12-8-6-9-13-18)19-14-10-7-11-15-19/h5-15,17,26H,1,16H2,2-4H3. The summed E-state index contributed by atoms with van der Waals surface area (Å²) in [6.07, 6.45) is 0.933. The molecule has 3 nitrogen and oxygen atoms in total. The lowest BCUT2D eigenvalue weighted by atomic mass is 10.2. The van der Waals surface area contributed by atoms with Gasteiger partial charge in [0.25, 0.3) is 12.1 Å². The normalized spacial score (nSPS) is 13.6. The van der Waals surface area contributed by atoms with Crippen LogP contribution in [0.5, 0.6) is 0 Å². The maximum atomic E-state index is 7.85. The third-order valence-corrected chi connectivity index (χ3v) is 10.2. The molecular weight excluding hydrogens is 445 g/mol. The van der Waals surface area contributed by atoms with Gasteiger partial charge in [-0.3, -0.25) is 5.41 Å². The van der Waals surface area contributed by atoms with Gasteiger partial charge >= 0.3 is 0 Å². The summed E-state index contributed by atoms with van der Waals surface area (Å²) in [5, 5.41) is 9.97. The number of ether oxygens (including phenoxy) is 1. The van der Waals surface area contributed by atoms with Gasteiger partial charge < -0.3 is 9.16 Å². The molecule has 0 aromatic heterocycles. The molecule has 0 aliphatic heterocycles. The largest absolute Gasteiger partial charge is 0.468 e. The highest BCUT2D eigenvalue weighted by molar-refractivity contribution is 6.99. The molecule has 0 saturated carbocycles. The number of benzene rings is 2. The minimum absolute atomic E-state index is 0.176. The molecule has 2 aromatic carbocycles. The van der Waals surface area contributed by atoms with Crippen molar-refractivity contribution in [3.63, 3.8) is 0 Å². The van der Waals surface area contributed by atoms with Crippen LogP contribution in [0, 0.1) is 5.41 Å². The van der Waals surface area contributed by atoms with Crippen LogP contribution in [0.2, 0.25) is 5.04 Å². The van der Waals surface area contributed by atoms with Gasteiger partial charge in [-0.15, -0.1) is 0 Å². The Morgan fingerprint density at radius 2 is 1.45 bits per heavy atom. The molecule has 0 fully saturated rings. The van der Waals surface area contributed by atoms with Crippen LogP contribution < -0.4 is 10.4 Å². The maximum Gasteiger partial charge on any atom is 0.265 e. The molecule has 29 heavy (non-hydrogen) atoms. The summed E-state index contributed by atoms with van der Waals surface area (Å²) in [7, 11) is -2.72. The Hall–Kier alpha value is -1.30. The van der Waals surface area contributed by atoms with Gasteiger partial charge in [-0.25, -0.2) is 0 Å². The van der Waals surface area contributed by atoms with Gasteiger partial charge in [-0.1, -0.05) is 123 Å². The Morgan fingerprint density at radius 1 is 1.00 bits per heavy atom. The molecule has 0 amide bonds. The van der Waals surface area contributed by atoms with E-state index in [1.807, 2.05) is 36.4 Å². The zero-order chi connectivity index (χ0) is 21.7. The third kappa shape index (κ3) is 5.65. The summed E-state index contributed by atoms with van der Waals surface area (Å²) in [5.41, 5.74) is 0. The number of hydrogen-bond donors (Lipinski definition) is 1. The summed E-state index contributed by atoms with van der Waals surface area (Å²) >= 11 is 17.3. The quantitative estimate of drug-likeness (QED) is 0.191. The van der Waals surface area contributed by atoms with Crippen LogP contribution in [-0.2, 0) is 9.16 Å². The van der Waals surface area contributed by atoms with Crippen molar-refractivity contribution in [2.24, 2.45) is 0 Å². The highest BCUT2D eigenvalue weighted by Crippen LogP contribution is 2.37. The fraction of sp³-hybridized carbons (Fsp3) is 0.318. The molecule has 7 heteroatoms. The summed E-state index contributed by atoms with van der Waals surface area (Å²) in [4.78, 5) is 0. The first-order valence-electron chi connectivity index (χ1n) is 9.22. The molecule has 0 aliphatic rings. The predicted octanol–water partition coefficient (Wildman–Crippen LogP) is 5.48. The zero-order valence-electron chi connectivity index (χ0n) is 16.8. The highest BCUT2D eigenvalue weighted by atomic mass is 35.6. The first kappa shape index (κ1) is 24.0. The Bertz CT molecular complexity index is 778. The van der Waals surface area contributed by atoms with Crippen LogP contribution >= 0.6 is 34.8 Å². The van der Waals surface area contributed by atoms with Crippen molar-refractivity contribution in [3.8, 4) is 0 Å². The van der Waals surface area contributed by atoms with Crippen molar-refractivity contribution in [2.75, 3.05) is 6.61 Å². The van der Waals surface area contributed by atoms with E-state index in [9.17, 15) is 0 Å². The van der Waals surface area contributed by atoms with Crippen LogP contribution in [0.3, 0.4) is 0 Å². The average molecular weight is 471 g/mol. The molecule has 0 aliphatic carbocycles. The van der Waals surface area contributed by atoms with Gasteiger partial charge in [0.2, 0.25) is 5.90 Å². The van der Waals surface area contributed by atoms with E-state index in [-0.39, 0.29) is 11.6 Å². The molecule has 0 saturated heterocycles. The SMILES string of the molecule is C=CC(CO[Si](c1ccccc1)(c1ccccc1)C(C)(C)C)OC(=N)C(Cl)(Cl)Cl. The fourth-order valence-corrected chi connectivity index (χ4v) is 8.04. The van der Waals surface area contributed by atoms with Gasteiger partial charge in [0.15, 0.2) is 0 Å². The van der Waals surface area contributed by atoms with Gasteiger partial charge in [-0.05, 0) is 21.5 Å². The van der Waals surface area contributed by atoms with Crippen LogP contribution in [0.4, 0.5) is 0 Å². The summed E-state index contributed by atoms with van der Waals surface area (Å²) in [6.45, 7) is 10.5. The van der Waals surface area contributed by atoms with Gasteiger partial charge in [0.1, 0.15) is 6.10 Å². The Labute approximate surface area is 189 Å². The van der Waals surface area contributed by atoms with E-state index in [0.717, 1.165) is 10.4 Å². The van der Waals surface area contributed by atoms with Gasteiger partial charge in [0, 0.05) is 0 Å². The smallest absolute Gasteiger partial charge is 0.265 e. The second kappa shape index (κ2) is 9.67. The number of halogens is 3. The average Bonchev–Trinajstić information content (AvgIpc) is 2.67. The molecular formula is C22H26Cl3NO2Si. The predicted molar refractivity (Wildman–Crippen MR) is 127 cm³/mol. The van der Waals surface area contributed by atoms with E-state index in [2.05, 4.69) is 51.6 Å². The second-order valence-corrected chi connectivity index (χ2v) is 14.3. The maximum absolute atomic E-state index is 7.85. The minimum atomic E-state index is -2.72.